The highest BCUT2D eigenvalue weighted by atomic mass is 127. The number of allylic oxidation sites excluding steroid dienone is 3. The minimum atomic E-state index is -0.346. The van der Waals surface area contributed by atoms with Crippen LogP contribution in [0.2, 0.25) is 0 Å². The van der Waals surface area contributed by atoms with Gasteiger partial charge in [-0.05, 0) is 60.4 Å². The van der Waals surface area contributed by atoms with Crippen molar-refractivity contribution < 1.29 is 14.3 Å². The Morgan fingerprint density at radius 1 is 1.31 bits per heavy atom. The first-order chi connectivity index (χ1) is 12.5. The predicted octanol–water partition coefficient (Wildman–Crippen LogP) is 4.60. The average molecular weight is 465 g/mol. The molecule has 0 amide bonds. The molecule has 4 nitrogen and oxygen atoms in total. The Labute approximate surface area is 168 Å². The number of ketones is 1. The number of carbonyl (C=O) groups is 2. The smallest absolute Gasteiger partial charge is 0.336 e. The van der Waals surface area contributed by atoms with Gasteiger partial charge in [-0.2, -0.15) is 0 Å². The van der Waals surface area contributed by atoms with E-state index in [0.717, 1.165) is 51.8 Å². The summed E-state index contributed by atoms with van der Waals surface area (Å²) < 4.78 is 6.58. The molecule has 0 radical (unpaired) electrons. The maximum Gasteiger partial charge on any atom is 0.336 e. The molecule has 1 aromatic rings. The van der Waals surface area contributed by atoms with Crippen molar-refractivity contribution in [1.29, 1.82) is 0 Å². The quantitative estimate of drug-likeness (QED) is 0.392. The van der Waals surface area contributed by atoms with Crippen LogP contribution in [-0.4, -0.2) is 18.4 Å². The normalized spacial score (nSPS) is 20.0. The molecule has 1 unspecified atom stereocenters. The number of unbranched alkanes of at least 4 members (excludes halogenated alkanes) is 1. The lowest BCUT2D eigenvalue weighted by atomic mass is 9.75. The van der Waals surface area contributed by atoms with Gasteiger partial charge in [0, 0.05) is 32.9 Å². The molecule has 0 saturated carbocycles. The number of rotatable bonds is 5. The van der Waals surface area contributed by atoms with Gasteiger partial charge >= 0.3 is 5.97 Å². The van der Waals surface area contributed by atoms with Crippen LogP contribution in [-0.2, 0) is 14.3 Å². The van der Waals surface area contributed by atoms with Crippen molar-refractivity contribution in [2.75, 3.05) is 6.61 Å². The molecule has 0 aromatic heterocycles. The van der Waals surface area contributed by atoms with Crippen LogP contribution >= 0.6 is 22.6 Å². The largest absolute Gasteiger partial charge is 0.462 e. The predicted molar refractivity (Wildman–Crippen MR) is 109 cm³/mol. The second-order valence-corrected chi connectivity index (χ2v) is 7.94. The summed E-state index contributed by atoms with van der Waals surface area (Å²) in [5, 5.41) is 3.32. The van der Waals surface area contributed by atoms with Crippen molar-refractivity contribution >= 4 is 34.3 Å². The second-order valence-electron chi connectivity index (χ2n) is 6.78. The summed E-state index contributed by atoms with van der Waals surface area (Å²) in [4.78, 5) is 25.7. The van der Waals surface area contributed by atoms with E-state index in [4.69, 9.17) is 4.74 Å². The fourth-order valence-electron chi connectivity index (χ4n) is 3.66. The van der Waals surface area contributed by atoms with Crippen LogP contribution < -0.4 is 5.32 Å². The minimum Gasteiger partial charge on any atom is -0.462 e. The third kappa shape index (κ3) is 3.72. The minimum absolute atomic E-state index is 0.134. The highest BCUT2D eigenvalue weighted by molar-refractivity contribution is 14.1. The molecule has 2 aliphatic rings. The molecule has 1 aromatic carbocycles. The van der Waals surface area contributed by atoms with Gasteiger partial charge in [0.15, 0.2) is 5.78 Å². The standard InChI is InChI=1S/C21H24INO3/c1-3-4-12-26-21(25)18-13(2)23-16-10-7-11-17(24)20(16)19(18)14-8-5-6-9-15(14)22/h5-6,8-9,19,23H,3-4,7,10-12H2,1-2H3. The number of benzene rings is 1. The van der Waals surface area contributed by atoms with E-state index in [1.165, 1.54) is 0 Å². The lowest BCUT2D eigenvalue weighted by Gasteiger charge is -2.34. The lowest BCUT2D eigenvalue weighted by molar-refractivity contribution is -0.139. The van der Waals surface area contributed by atoms with Gasteiger partial charge < -0.3 is 10.1 Å². The molecule has 1 aliphatic carbocycles. The number of esters is 1. The highest BCUT2D eigenvalue weighted by Gasteiger charge is 2.39. The number of hydrogen-bond acceptors (Lipinski definition) is 4. The van der Waals surface area contributed by atoms with E-state index in [1.807, 2.05) is 31.2 Å². The molecule has 1 heterocycles. The molecule has 0 fully saturated rings. The first-order valence-electron chi connectivity index (χ1n) is 9.20. The van der Waals surface area contributed by atoms with Gasteiger partial charge in [0.25, 0.3) is 0 Å². The molecule has 1 aliphatic heterocycles. The zero-order valence-electron chi connectivity index (χ0n) is 15.2. The molecule has 26 heavy (non-hydrogen) atoms. The Bertz CT molecular complexity index is 794. The van der Waals surface area contributed by atoms with Gasteiger partial charge in [-0.25, -0.2) is 4.79 Å². The van der Waals surface area contributed by atoms with E-state index in [1.54, 1.807) is 0 Å². The van der Waals surface area contributed by atoms with Crippen LogP contribution in [0.15, 0.2) is 46.8 Å². The van der Waals surface area contributed by atoms with Crippen molar-refractivity contribution in [3.63, 3.8) is 0 Å². The average Bonchev–Trinajstić information content (AvgIpc) is 2.61. The molecule has 0 spiro atoms. The number of carbonyl (C=O) groups excluding carboxylic acids is 2. The molecular formula is C21H24INO3. The van der Waals surface area contributed by atoms with Crippen LogP contribution in [0, 0.1) is 3.57 Å². The van der Waals surface area contributed by atoms with E-state index in [0.29, 0.717) is 18.6 Å². The molecule has 138 valence electrons. The van der Waals surface area contributed by atoms with E-state index in [-0.39, 0.29) is 17.7 Å². The van der Waals surface area contributed by atoms with Crippen LogP contribution in [0.5, 0.6) is 0 Å². The van der Waals surface area contributed by atoms with E-state index in [9.17, 15) is 9.59 Å². The number of hydrogen-bond donors (Lipinski definition) is 1. The van der Waals surface area contributed by atoms with Gasteiger partial charge in [0.05, 0.1) is 12.2 Å². The lowest BCUT2D eigenvalue weighted by Crippen LogP contribution is -2.34. The van der Waals surface area contributed by atoms with Gasteiger partial charge in [-0.3, -0.25) is 4.79 Å². The second kappa shape index (κ2) is 8.37. The fourth-order valence-corrected chi connectivity index (χ4v) is 4.36. The van der Waals surface area contributed by atoms with Crippen molar-refractivity contribution in [2.45, 2.75) is 51.9 Å². The third-order valence-corrected chi connectivity index (χ3v) is 5.93. The number of nitrogens with one attached hydrogen (secondary N) is 1. The monoisotopic (exact) mass is 465 g/mol. The fraction of sp³-hybridized carbons (Fsp3) is 0.429. The molecule has 1 N–H and O–H groups in total. The Morgan fingerprint density at radius 3 is 2.81 bits per heavy atom. The topological polar surface area (TPSA) is 55.4 Å². The Morgan fingerprint density at radius 2 is 2.08 bits per heavy atom. The zero-order chi connectivity index (χ0) is 18.7. The van der Waals surface area contributed by atoms with Crippen molar-refractivity contribution in [3.8, 4) is 0 Å². The van der Waals surface area contributed by atoms with E-state index >= 15 is 0 Å². The van der Waals surface area contributed by atoms with Crippen LogP contribution in [0.25, 0.3) is 0 Å². The summed E-state index contributed by atoms with van der Waals surface area (Å²) in [6, 6.07) is 7.96. The van der Waals surface area contributed by atoms with Crippen molar-refractivity contribution in [1.82, 2.24) is 5.32 Å². The van der Waals surface area contributed by atoms with Gasteiger partial charge in [-0.1, -0.05) is 31.5 Å². The van der Waals surface area contributed by atoms with Crippen LogP contribution in [0.1, 0.15) is 57.4 Å². The molecule has 5 heteroatoms. The maximum absolute atomic E-state index is 12.9. The SMILES string of the molecule is CCCCOC(=O)C1=C(C)NC2=C(C(=O)CCC2)C1c1ccccc1I. The van der Waals surface area contributed by atoms with E-state index < -0.39 is 0 Å². The number of Topliss-reactive ketones (excluding diaryl/α,β-unsaturated/α-hetero) is 1. The van der Waals surface area contributed by atoms with Crippen molar-refractivity contribution in [2.24, 2.45) is 0 Å². The summed E-state index contributed by atoms with van der Waals surface area (Å²) in [6.45, 7) is 4.38. The van der Waals surface area contributed by atoms with Gasteiger partial charge in [0.2, 0.25) is 0 Å². The molecule has 0 saturated heterocycles. The van der Waals surface area contributed by atoms with Crippen molar-refractivity contribution in [3.05, 3.63) is 55.9 Å². The maximum atomic E-state index is 12.9. The zero-order valence-corrected chi connectivity index (χ0v) is 17.4. The Balaban J connectivity index is 2.07. The molecule has 0 bridgehead atoms. The number of ether oxygens (including phenoxy) is 1. The summed E-state index contributed by atoms with van der Waals surface area (Å²) in [6.07, 6.45) is 4.05. The summed E-state index contributed by atoms with van der Waals surface area (Å²) in [5.74, 6) is -0.533. The van der Waals surface area contributed by atoms with Gasteiger partial charge in [0.1, 0.15) is 0 Å². The van der Waals surface area contributed by atoms with Crippen LogP contribution in [0.4, 0.5) is 0 Å². The molecular weight excluding hydrogens is 441 g/mol. The van der Waals surface area contributed by atoms with Gasteiger partial charge in [-0.15, -0.1) is 0 Å². The van der Waals surface area contributed by atoms with Crippen LogP contribution in [0.3, 0.4) is 0 Å². The number of dihydropyridines is 1. The summed E-state index contributed by atoms with van der Waals surface area (Å²) >= 11 is 2.28. The number of halogens is 1. The molecule has 1 atom stereocenters. The Hall–Kier alpha value is -1.63. The summed E-state index contributed by atoms with van der Waals surface area (Å²) in [7, 11) is 0. The van der Waals surface area contributed by atoms with E-state index in [2.05, 4.69) is 34.8 Å². The third-order valence-electron chi connectivity index (χ3n) is 4.94. The summed E-state index contributed by atoms with van der Waals surface area (Å²) in [5.41, 5.74) is 4.07. The highest BCUT2D eigenvalue weighted by Crippen LogP contribution is 2.43. The first kappa shape index (κ1) is 19.1. The molecule has 3 rings (SSSR count). The first-order valence-corrected chi connectivity index (χ1v) is 10.3. The Kier molecular flexibility index (Phi) is 6.16.